The van der Waals surface area contributed by atoms with Gasteiger partial charge in [-0.3, -0.25) is 0 Å². The van der Waals surface area contributed by atoms with Crippen LogP contribution in [0.3, 0.4) is 0 Å². The van der Waals surface area contributed by atoms with Gasteiger partial charge < -0.3 is 0 Å². The molecule has 0 nitrogen and oxygen atoms in total. The van der Waals surface area contributed by atoms with Crippen LogP contribution in [0.15, 0.2) is 96.1 Å². The molecule has 0 heterocycles. The van der Waals surface area contributed by atoms with Gasteiger partial charge in [0.25, 0.3) is 0 Å². The van der Waals surface area contributed by atoms with Gasteiger partial charge in [0.15, 0.2) is 0 Å². The summed E-state index contributed by atoms with van der Waals surface area (Å²) in [5.41, 5.74) is 16.8. The zero-order valence-electron chi connectivity index (χ0n) is 34.7. The Balaban J connectivity index is 1.35. The number of fused-ring (bicyclic) bond motifs is 2. The maximum atomic E-state index is 9.27. The summed E-state index contributed by atoms with van der Waals surface area (Å²) >= 11 is -5.06. The summed E-state index contributed by atoms with van der Waals surface area (Å²) in [7, 11) is 18.5. The predicted molar refractivity (Wildman–Crippen MR) is 246 cm³/mol. The van der Waals surface area contributed by atoms with Crippen molar-refractivity contribution in [2.45, 2.75) is 137 Å². The Morgan fingerprint density at radius 1 is 0.554 bits per heavy atom. The van der Waals surface area contributed by atoms with Gasteiger partial charge >= 0.3 is 351 Å². The Hall–Kier alpha value is -1.96. The fourth-order valence-electron chi connectivity index (χ4n) is 11.8. The fraction of sp³-hybridized carbons (Fsp3) is 0.462. The summed E-state index contributed by atoms with van der Waals surface area (Å²) in [4.78, 5) is 0. The van der Waals surface area contributed by atoms with Crippen LogP contribution in [0, 0.1) is 25.7 Å². The van der Waals surface area contributed by atoms with Crippen molar-refractivity contribution < 1.29 is 15.6 Å². The van der Waals surface area contributed by atoms with E-state index in [-0.39, 0.29) is 7.25 Å². The Bertz CT molecular complexity index is 1920. The van der Waals surface area contributed by atoms with Crippen LogP contribution in [0.1, 0.15) is 144 Å². The van der Waals surface area contributed by atoms with Crippen molar-refractivity contribution in [3.63, 3.8) is 0 Å². The number of hydrogen-bond donors (Lipinski definition) is 0. The van der Waals surface area contributed by atoms with E-state index in [2.05, 4.69) is 124 Å². The number of hydrogen-bond acceptors (Lipinski definition) is 0. The van der Waals surface area contributed by atoms with E-state index in [1.807, 2.05) is 0 Å². The van der Waals surface area contributed by atoms with Gasteiger partial charge in [-0.15, -0.1) is 0 Å². The van der Waals surface area contributed by atoms with E-state index in [0.717, 1.165) is 19.3 Å². The molecular formula is C52H65Cl2SiZr. The molecule has 8 rings (SSSR count). The second-order valence-electron chi connectivity index (χ2n) is 18.7. The number of rotatable bonds is 11. The van der Waals surface area contributed by atoms with E-state index >= 15 is 0 Å². The molecule has 0 spiro atoms. The predicted octanol–water partition coefficient (Wildman–Crippen LogP) is 16.7. The van der Waals surface area contributed by atoms with Crippen LogP contribution in [0.2, 0.25) is 12.6 Å². The summed E-state index contributed by atoms with van der Waals surface area (Å²) < 4.78 is 0.293. The van der Waals surface area contributed by atoms with Crippen LogP contribution in [-0.4, -0.2) is 5.92 Å². The van der Waals surface area contributed by atoms with Crippen LogP contribution in [0.4, 0.5) is 0 Å². The molecule has 4 aromatic rings. The molecular weight excluding hydrogens is 815 g/mol. The molecule has 4 aliphatic rings. The van der Waals surface area contributed by atoms with E-state index in [1.165, 1.54) is 139 Å². The van der Waals surface area contributed by atoms with Crippen LogP contribution < -0.4 is 0 Å². The Morgan fingerprint density at radius 2 is 0.946 bits per heavy atom. The van der Waals surface area contributed by atoms with Crippen LogP contribution >= 0.6 is 17.0 Å². The van der Waals surface area contributed by atoms with Gasteiger partial charge in [-0.2, -0.15) is 0 Å². The molecule has 2 saturated carbocycles. The minimum absolute atomic E-state index is 0.146. The normalized spacial score (nSPS) is 21.9. The first-order valence-corrected chi connectivity index (χ1v) is 38.5. The molecule has 4 heteroatoms. The second kappa shape index (κ2) is 17.3. The molecule has 56 heavy (non-hydrogen) atoms. The fourth-order valence-corrected chi connectivity index (χ4v) is 53.0. The molecule has 0 aromatic heterocycles. The zero-order valence-corrected chi connectivity index (χ0v) is 39.8. The van der Waals surface area contributed by atoms with E-state index in [9.17, 15) is 17.0 Å². The first kappa shape index (κ1) is 40.8. The quantitative estimate of drug-likeness (QED) is 0.104. The number of benzene rings is 4. The third-order valence-electron chi connectivity index (χ3n) is 14.8. The van der Waals surface area contributed by atoms with Gasteiger partial charge in [0.2, 0.25) is 0 Å². The molecule has 3 atom stereocenters. The molecule has 3 unspecified atom stereocenters. The number of allylic oxidation sites excluding steroid dienone is 2. The molecule has 0 bridgehead atoms. The molecule has 0 saturated heterocycles. The van der Waals surface area contributed by atoms with Crippen LogP contribution in [0.5, 0.6) is 0 Å². The monoisotopic (exact) mass is 877 g/mol. The SMILES string of the molecule is CCC[SiH](C)[Zr]([Cl])([Cl])([CH]1C(CC2CCCCCC2)=Cc2c(-c3ccc(C)cc3)cccc21)[CH]1C(CC2CCCCCC2)=Cc2c(-c3ccc(C)cc3)cccc21. The van der Waals surface area contributed by atoms with E-state index in [0.29, 0.717) is 11.8 Å². The molecule has 4 aliphatic carbocycles. The van der Waals surface area contributed by atoms with Gasteiger partial charge in [0.05, 0.1) is 0 Å². The average Bonchev–Trinajstić information content (AvgIpc) is 3.50. The molecule has 2 fully saturated rings. The van der Waals surface area contributed by atoms with Crippen molar-refractivity contribution in [1.82, 2.24) is 0 Å². The van der Waals surface area contributed by atoms with Crippen molar-refractivity contribution in [1.29, 1.82) is 0 Å². The van der Waals surface area contributed by atoms with Gasteiger partial charge in [-0.1, -0.05) is 0 Å². The van der Waals surface area contributed by atoms with Crippen LogP contribution in [-0.2, 0) is 15.6 Å². The molecule has 295 valence electrons. The number of halogens is 2. The van der Waals surface area contributed by atoms with Crippen molar-refractivity contribution in [3.8, 4) is 22.3 Å². The van der Waals surface area contributed by atoms with Crippen LogP contribution in [0.25, 0.3) is 34.4 Å². The summed E-state index contributed by atoms with van der Waals surface area (Å²) in [5, 5.41) is 0. The summed E-state index contributed by atoms with van der Waals surface area (Å²) in [6.07, 6.45) is 25.0. The second-order valence-corrected chi connectivity index (χ2v) is 60.0. The zero-order chi connectivity index (χ0) is 38.9. The Kier molecular flexibility index (Phi) is 12.6. The van der Waals surface area contributed by atoms with Gasteiger partial charge in [0.1, 0.15) is 0 Å². The molecule has 0 radical (unpaired) electrons. The first-order chi connectivity index (χ1) is 27.1. The van der Waals surface area contributed by atoms with Crippen molar-refractivity contribution in [3.05, 3.63) is 129 Å². The minimum atomic E-state index is -5.06. The standard InChI is InChI=1S/2C24H27.C4H11Si.2ClH.Zr/c2*1-18-11-13-21(14-12-18)23-10-6-9-22-16-20(17-24(22)23)15-19-7-4-2-3-5-8-19;1-3-4-5-2;;;/h2*6,9-14,16-17,19H,2-5,7-8,15H2,1H3;5H,3-4H2,1-2H3;2*1H;/q;;;;;+2/p-2. The van der Waals surface area contributed by atoms with E-state index < -0.39 is 21.5 Å². The number of aryl methyl sites for hydroxylation is 2. The first-order valence-electron chi connectivity index (χ1n) is 22.5. The van der Waals surface area contributed by atoms with E-state index in [4.69, 9.17) is 0 Å². The van der Waals surface area contributed by atoms with Crippen molar-refractivity contribution in [2.24, 2.45) is 11.8 Å². The summed E-state index contributed by atoms with van der Waals surface area (Å²) in [6.45, 7) is 9.40. The maximum absolute atomic E-state index is 9.27. The Morgan fingerprint density at radius 3 is 1.32 bits per heavy atom. The van der Waals surface area contributed by atoms with Crippen molar-refractivity contribution in [2.75, 3.05) is 0 Å². The van der Waals surface area contributed by atoms with Gasteiger partial charge in [0, 0.05) is 0 Å². The van der Waals surface area contributed by atoms with Gasteiger partial charge in [-0.25, -0.2) is 0 Å². The molecule has 0 aliphatic heterocycles. The van der Waals surface area contributed by atoms with Crippen molar-refractivity contribution >= 4 is 35.1 Å². The van der Waals surface area contributed by atoms with E-state index in [1.54, 1.807) is 11.1 Å². The average molecular weight is 880 g/mol. The molecule has 0 N–H and O–H groups in total. The summed E-state index contributed by atoms with van der Waals surface area (Å²) in [5.74, 6) is -0.288. The Labute approximate surface area is 348 Å². The topological polar surface area (TPSA) is 0 Å². The third kappa shape index (κ3) is 7.89. The third-order valence-corrected chi connectivity index (χ3v) is 65.2. The summed E-state index contributed by atoms with van der Waals surface area (Å²) in [6, 6.07) is 33.9. The van der Waals surface area contributed by atoms with Gasteiger partial charge in [-0.05, 0) is 0 Å². The molecule has 0 amide bonds. The molecule has 4 aromatic carbocycles.